The minimum Gasteiger partial charge on any atom is -0.456 e. The van der Waals surface area contributed by atoms with Gasteiger partial charge in [-0.05, 0) is 22.4 Å². The molecule has 0 bridgehead atoms. The van der Waals surface area contributed by atoms with E-state index in [1.54, 1.807) is 18.4 Å². The number of nitrogens with one attached hydrogen (secondary N) is 1. The standard InChI is InChI=1S/C12H17N3O4S/c1-15(6-9-3-5-20-8-9)10(16)7-19-11(17)2-4-14-12(13)18/h3,5,8H,2,4,6-7H2,1H3,(H3,13,14,18). The predicted molar refractivity (Wildman–Crippen MR) is 74.0 cm³/mol. The summed E-state index contributed by atoms with van der Waals surface area (Å²) in [6, 6.07) is 1.22. The predicted octanol–water partition coefficient (Wildman–Crippen LogP) is 0.308. The maximum Gasteiger partial charge on any atom is 0.312 e. The van der Waals surface area contributed by atoms with Crippen molar-refractivity contribution in [1.29, 1.82) is 0 Å². The Morgan fingerprint density at radius 2 is 2.20 bits per heavy atom. The van der Waals surface area contributed by atoms with E-state index in [0.717, 1.165) is 5.56 Å². The number of amides is 3. The summed E-state index contributed by atoms with van der Waals surface area (Å²) in [5, 5.41) is 6.14. The van der Waals surface area contributed by atoms with Gasteiger partial charge in [0, 0.05) is 20.1 Å². The van der Waals surface area contributed by atoms with Crippen molar-refractivity contribution in [3.05, 3.63) is 22.4 Å². The molecular weight excluding hydrogens is 282 g/mol. The molecule has 110 valence electrons. The number of carbonyl (C=O) groups excluding carboxylic acids is 3. The minimum absolute atomic E-state index is 0.0233. The SMILES string of the molecule is CN(Cc1ccsc1)C(=O)COC(=O)CCNC(N)=O. The number of rotatable bonds is 7. The molecule has 0 radical (unpaired) electrons. The summed E-state index contributed by atoms with van der Waals surface area (Å²) >= 11 is 1.55. The molecule has 0 aromatic carbocycles. The molecule has 1 aromatic rings. The molecule has 0 aliphatic rings. The molecule has 0 aliphatic carbocycles. The van der Waals surface area contributed by atoms with E-state index in [1.165, 1.54) is 4.90 Å². The van der Waals surface area contributed by atoms with Crippen LogP contribution in [0.1, 0.15) is 12.0 Å². The zero-order valence-electron chi connectivity index (χ0n) is 11.1. The molecule has 0 fully saturated rings. The van der Waals surface area contributed by atoms with Crippen molar-refractivity contribution in [3.63, 3.8) is 0 Å². The largest absolute Gasteiger partial charge is 0.456 e. The third-order valence-electron chi connectivity index (χ3n) is 2.41. The van der Waals surface area contributed by atoms with Crippen LogP contribution in [0.4, 0.5) is 4.79 Å². The van der Waals surface area contributed by atoms with Crippen LogP contribution in [-0.4, -0.2) is 43.0 Å². The first-order valence-electron chi connectivity index (χ1n) is 5.93. The maximum atomic E-state index is 11.7. The smallest absolute Gasteiger partial charge is 0.312 e. The molecule has 7 nitrogen and oxygen atoms in total. The van der Waals surface area contributed by atoms with Gasteiger partial charge in [-0.2, -0.15) is 11.3 Å². The Balaban J connectivity index is 2.21. The first kappa shape index (κ1) is 16.0. The second kappa shape index (κ2) is 8.16. The van der Waals surface area contributed by atoms with Crippen molar-refractivity contribution in [2.24, 2.45) is 5.73 Å². The molecule has 1 rings (SSSR count). The minimum atomic E-state index is -0.704. The molecule has 0 saturated heterocycles. The highest BCUT2D eigenvalue weighted by Gasteiger charge is 2.12. The van der Waals surface area contributed by atoms with Gasteiger partial charge in [0.2, 0.25) is 0 Å². The van der Waals surface area contributed by atoms with Crippen LogP contribution in [0.3, 0.4) is 0 Å². The van der Waals surface area contributed by atoms with Crippen LogP contribution in [0.2, 0.25) is 0 Å². The van der Waals surface area contributed by atoms with Gasteiger partial charge in [-0.25, -0.2) is 4.79 Å². The van der Waals surface area contributed by atoms with Gasteiger partial charge >= 0.3 is 12.0 Å². The van der Waals surface area contributed by atoms with Crippen molar-refractivity contribution in [2.45, 2.75) is 13.0 Å². The number of hydrogen-bond acceptors (Lipinski definition) is 5. The fourth-order valence-corrected chi connectivity index (χ4v) is 2.02. The van der Waals surface area contributed by atoms with E-state index in [4.69, 9.17) is 10.5 Å². The van der Waals surface area contributed by atoms with E-state index in [-0.39, 0.29) is 25.5 Å². The summed E-state index contributed by atoms with van der Waals surface area (Å²) in [6.07, 6.45) is -0.0233. The lowest BCUT2D eigenvalue weighted by molar-refractivity contribution is -0.151. The molecule has 0 spiro atoms. The molecule has 0 atom stereocenters. The number of likely N-dealkylation sites (N-methyl/N-ethyl adjacent to an activating group) is 1. The van der Waals surface area contributed by atoms with Gasteiger partial charge < -0.3 is 20.7 Å². The van der Waals surface area contributed by atoms with Crippen molar-refractivity contribution in [3.8, 4) is 0 Å². The summed E-state index contributed by atoms with van der Waals surface area (Å²) in [5.74, 6) is -0.844. The van der Waals surface area contributed by atoms with Crippen molar-refractivity contribution < 1.29 is 19.1 Å². The molecule has 0 unspecified atom stereocenters. The van der Waals surface area contributed by atoms with Gasteiger partial charge in [-0.3, -0.25) is 9.59 Å². The van der Waals surface area contributed by atoms with E-state index in [2.05, 4.69) is 5.32 Å². The second-order valence-electron chi connectivity index (χ2n) is 4.08. The van der Waals surface area contributed by atoms with E-state index < -0.39 is 12.0 Å². The molecule has 0 aliphatic heterocycles. The number of nitrogens with zero attached hydrogens (tertiary/aromatic N) is 1. The van der Waals surface area contributed by atoms with Crippen LogP contribution in [0.5, 0.6) is 0 Å². The Kier molecular flexibility index (Phi) is 6.51. The number of carbonyl (C=O) groups is 3. The van der Waals surface area contributed by atoms with Crippen LogP contribution < -0.4 is 11.1 Å². The monoisotopic (exact) mass is 299 g/mol. The normalized spacial score (nSPS) is 9.85. The Morgan fingerprint density at radius 1 is 1.45 bits per heavy atom. The summed E-state index contributed by atoms with van der Waals surface area (Å²) < 4.78 is 4.81. The number of primary amides is 1. The van der Waals surface area contributed by atoms with Crippen LogP contribution in [0, 0.1) is 0 Å². The number of ether oxygens (including phenoxy) is 1. The number of urea groups is 1. The highest BCUT2D eigenvalue weighted by Crippen LogP contribution is 2.08. The summed E-state index contributed by atoms with van der Waals surface area (Å²) in [4.78, 5) is 34.9. The lowest BCUT2D eigenvalue weighted by atomic mass is 10.3. The van der Waals surface area contributed by atoms with Crippen molar-refractivity contribution in [1.82, 2.24) is 10.2 Å². The Morgan fingerprint density at radius 3 is 2.80 bits per heavy atom. The van der Waals surface area contributed by atoms with Gasteiger partial charge in [0.25, 0.3) is 5.91 Å². The van der Waals surface area contributed by atoms with Gasteiger partial charge in [0.05, 0.1) is 6.42 Å². The first-order valence-corrected chi connectivity index (χ1v) is 6.87. The molecule has 3 amide bonds. The second-order valence-corrected chi connectivity index (χ2v) is 4.86. The lowest BCUT2D eigenvalue weighted by Crippen LogP contribution is -2.33. The van der Waals surface area contributed by atoms with Crippen LogP contribution in [0.25, 0.3) is 0 Å². The van der Waals surface area contributed by atoms with E-state index in [1.807, 2.05) is 16.8 Å². The van der Waals surface area contributed by atoms with E-state index in [9.17, 15) is 14.4 Å². The Bertz CT molecular complexity index is 461. The molecule has 0 saturated carbocycles. The van der Waals surface area contributed by atoms with Gasteiger partial charge in [0.15, 0.2) is 6.61 Å². The lowest BCUT2D eigenvalue weighted by Gasteiger charge is -2.16. The van der Waals surface area contributed by atoms with Gasteiger partial charge in [-0.15, -0.1) is 0 Å². The van der Waals surface area contributed by atoms with Crippen LogP contribution in [0.15, 0.2) is 16.8 Å². The summed E-state index contributed by atoms with van der Waals surface area (Å²) in [6.45, 7) is 0.256. The highest BCUT2D eigenvalue weighted by atomic mass is 32.1. The average molecular weight is 299 g/mol. The summed E-state index contributed by atoms with van der Waals surface area (Å²) in [5.41, 5.74) is 5.87. The Hall–Kier alpha value is -2.09. The number of thiophene rings is 1. The fourth-order valence-electron chi connectivity index (χ4n) is 1.36. The topological polar surface area (TPSA) is 102 Å². The molecule has 20 heavy (non-hydrogen) atoms. The Labute approximate surface area is 120 Å². The molecule has 3 N–H and O–H groups in total. The highest BCUT2D eigenvalue weighted by molar-refractivity contribution is 7.07. The van der Waals surface area contributed by atoms with Crippen LogP contribution in [-0.2, 0) is 20.9 Å². The van der Waals surface area contributed by atoms with Gasteiger partial charge in [-0.1, -0.05) is 0 Å². The first-order chi connectivity index (χ1) is 9.49. The molecule has 8 heteroatoms. The molecular formula is C12H17N3O4S. The van der Waals surface area contributed by atoms with Gasteiger partial charge in [0.1, 0.15) is 0 Å². The summed E-state index contributed by atoms with van der Waals surface area (Å²) in [7, 11) is 1.64. The average Bonchev–Trinajstić information content (AvgIpc) is 2.88. The van der Waals surface area contributed by atoms with E-state index in [0.29, 0.717) is 6.54 Å². The zero-order chi connectivity index (χ0) is 15.0. The fraction of sp³-hybridized carbons (Fsp3) is 0.417. The quantitative estimate of drug-likeness (QED) is 0.707. The molecule has 1 heterocycles. The number of esters is 1. The zero-order valence-corrected chi connectivity index (χ0v) is 11.9. The third-order valence-corrected chi connectivity index (χ3v) is 3.14. The third kappa shape index (κ3) is 6.19. The molecule has 1 aromatic heterocycles. The number of hydrogen-bond donors (Lipinski definition) is 2. The van der Waals surface area contributed by atoms with E-state index >= 15 is 0 Å². The number of nitrogens with two attached hydrogens (primary N) is 1. The van der Waals surface area contributed by atoms with Crippen molar-refractivity contribution in [2.75, 3.05) is 20.2 Å². The van der Waals surface area contributed by atoms with Crippen LogP contribution >= 0.6 is 11.3 Å². The van der Waals surface area contributed by atoms with Crippen molar-refractivity contribution >= 4 is 29.2 Å². The maximum absolute atomic E-state index is 11.7.